The van der Waals surface area contributed by atoms with Gasteiger partial charge in [0.2, 0.25) is 0 Å². The summed E-state index contributed by atoms with van der Waals surface area (Å²) in [7, 11) is 0. The molecule has 1 heterocycles. The first-order valence-corrected chi connectivity index (χ1v) is 6.06. The number of ether oxygens (including phenoxy) is 1. The Labute approximate surface area is 115 Å². The number of aromatic amines is 1. The van der Waals surface area contributed by atoms with Crippen LogP contribution in [0.4, 0.5) is 5.69 Å². The summed E-state index contributed by atoms with van der Waals surface area (Å²) in [6, 6.07) is 9.26. The lowest BCUT2D eigenvalue weighted by molar-refractivity contribution is 0.102. The minimum Gasteiger partial charge on any atom is -0.494 e. The van der Waals surface area contributed by atoms with Crippen LogP contribution in [0.15, 0.2) is 41.2 Å². The molecule has 0 radical (unpaired) electrons. The zero-order valence-corrected chi connectivity index (χ0v) is 10.8. The lowest BCUT2D eigenvalue weighted by atomic mass is 10.2. The molecule has 6 nitrogen and oxygen atoms in total. The molecule has 2 aromatic rings. The van der Waals surface area contributed by atoms with Gasteiger partial charge in [-0.3, -0.25) is 14.6 Å². The monoisotopic (exact) mass is 274 g/mol. The molecule has 3 N–H and O–H groups in total. The predicted molar refractivity (Wildman–Crippen MR) is 74.3 cm³/mol. The first-order valence-electron chi connectivity index (χ1n) is 6.06. The van der Waals surface area contributed by atoms with Gasteiger partial charge in [0.05, 0.1) is 17.9 Å². The smallest absolute Gasteiger partial charge is 0.256 e. The lowest BCUT2D eigenvalue weighted by Crippen LogP contribution is -2.16. The highest BCUT2D eigenvalue weighted by Crippen LogP contribution is 2.24. The maximum atomic E-state index is 12.0. The van der Waals surface area contributed by atoms with Crippen molar-refractivity contribution in [3.8, 4) is 11.6 Å². The fourth-order valence-electron chi connectivity index (χ4n) is 1.71. The summed E-state index contributed by atoms with van der Waals surface area (Å²) in [5.74, 6) is -0.322. The van der Waals surface area contributed by atoms with Crippen LogP contribution in [0.2, 0.25) is 0 Å². The molecule has 0 unspecified atom stereocenters. The van der Waals surface area contributed by atoms with Gasteiger partial charge in [0.25, 0.3) is 11.5 Å². The number of hydrogen-bond acceptors (Lipinski definition) is 4. The Bertz CT molecular complexity index is 679. The number of rotatable bonds is 4. The van der Waals surface area contributed by atoms with Crippen LogP contribution in [-0.2, 0) is 0 Å². The van der Waals surface area contributed by atoms with Crippen LogP contribution >= 0.6 is 0 Å². The molecule has 0 saturated carbocycles. The van der Waals surface area contributed by atoms with Crippen LogP contribution in [-0.4, -0.2) is 22.6 Å². The lowest BCUT2D eigenvalue weighted by Gasteiger charge is -2.11. The molecule has 0 atom stereocenters. The fourth-order valence-corrected chi connectivity index (χ4v) is 1.71. The Morgan fingerprint density at radius 2 is 2.10 bits per heavy atom. The van der Waals surface area contributed by atoms with Gasteiger partial charge in [-0.05, 0) is 19.1 Å². The summed E-state index contributed by atoms with van der Waals surface area (Å²) in [4.78, 5) is 25.4. The van der Waals surface area contributed by atoms with Gasteiger partial charge in [-0.15, -0.1) is 0 Å². The molecule has 0 saturated heterocycles. The van der Waals surface area contributed by atoms with Crippen molar-refractivity contribution in [1.29, 1.82) is 0 Å². The number of nitrogens with one attached hydrogen (secondary N) is 2. The summed E-state index contributed by atoms with van der Waals surface area (Å²) >= 11 is 0. The van der Waals surface area contributed by atoms with Crippen LogP contribution in [0.1, 0.15) is 17.3 Å². The predicted octanol–water partition coefficient (Wildman–Crippen LogP) is 1.73. The Hall–Kier alpha value is -2.76. The molecule has 0 spiro atoms. The van der Waals surface area contributed by atoms with Crippen molar-refractivity contribution in [3.63, 3.8) is 0 Å². The second-order valence-electron chi connectivity index (χ2n) is 4.00. The Morgan fingerprint density at radius 3 is 2.80 bits per heavy atom. The zero-order valence-electron chi connectivity index (χ0n) is 10.8. The number of para-hydroxylation sites is 2. The van der Waals surface area contributed by atoms with E-state index in [1.54, 1.807) is 24.3 Å². The van der Waals surface area contributed by atoms with E-state index in [2.05, 4.69) is 10.3 Å². The number of aromatic nitrogens is 1. The van der Waals surface area contributed by atoms with Gasteiger partial charge in [-0.1, -0.05) is 12.1 Å². The van der Waals surface area contributed by atoms with Gasteiger partial charge in [-0.25, -0.2) is 0 Å². The van der Waals surface area contributed by atoms with Gasteiger partial charge in [-0.2, -0.15) is 0 Å². The molecule has 1 amide bonds. The maximum absolute atomic E-state index is 12.0. The molecule has 6 heteroatoms. The SMILES string of the molecule is CCOc1ccccc1NC(=O)c1cc(O)[nH]c(=O)c1. The van der Waals surface area contributed by atoms with Crippen molar-refractivity contribution in [3.05, 3.63) is 52.3 Å². The fraction of sp³-hybridized carbons (Fsp3) is 0.143. The average molecular weight is 274 g/mol. The topological polar surface area (TPSA) is 91.4 Å². The van der Waals surface area contributed by atoms with Crippen LogP contribution in [0, 0.1) is 0 Å². The standard InChI is InChI=1S/C14H14N2O4/c1-2-20-11-6-4-3-5-10(11)15-14(19)9-7-12(17)16-13(18)8-9/h3-8H,2H2,1H3,(H,15,19)(H2,16,17,18). The molecule has 104 valence electrons. The van der Waals surface area contributed by atoms with Gasteiger partial charge in [0.1, 0.15) is 5.75 Å². The third-order valence-electron chi connectivity index (χ3n) is 2.53. The van der Waals surface area contributed by atoms with Crippen LogP contribution in [0.5, 0.6) is 11.6 Å². The highest BCUT2D eigenvalue weighted by Gasteiger charge is 2.11. The summed E-state index contributed by atoms with van der Waals surface area (Å²) in [5, 5.41) is 11.9. The molecule has 0 bridgehead atoms. The molecular weight excluding hydrogens is 260 g/mol. The molecule has 0 aliphatic rings. The van der Waals surface area contributed by atoms with E-state index in [1.165, 1.54) is 6.07 Å². The minimum atomic E-state index is -0.548. The Morgan fingerprint density at radius 1 is 1.35 bits per heavy atom. The molecule has 0 aliphatic heterocycles. The Balaban J connectivity index is 2.25. The number of hydrogen-bond donors (Lipinski definition) is 3. The highest BCUT2D eigenvalue weighted by molar-refractivity contribution is 6.05. The number of anilines is 1. The van der Waals surface area contributed by atoms with E-state index in [9.17, 15) is 14.7 Å². The maximum Gasteiger partial charge on any atom is 0.256 e. The molecule has 0 aliphatic carbocycles. The van der Waals surface area contributed by atoms with Crippen LogP contribution in [0.25, 0.3) is 0 Å². The number of benzene rings is 1. The van der Waals surface area contributed by atoms with E-state index in [4.69, 9.17) is 4.74 Å². The van der Waals surface area contributed by atoms with Crippen molar-refractivity contribution in [2.24, 2.45) is 0 Å². The summed E-state index contributed by atoms with van der Waals surface area (Å²) in [5.41, 5.74) is 0.0184. The third-order valence-corrected chi connectivity index (χ3v) is 2.53. The van der Waals surface area contributed by atoms with Crippen molar-refractivity contribution in [1.82, 2.24) is 4.98 Å². The van der Waals surface area contributed by atoms with Crippen molar-refractivity contribution < 1.29 is 14.6 Å². The quantitative estimate of drug-likeness (QED) is 0.791. The van der Waals surface area contributed by atoms with E-state index < -0.39 is 11.5 Å². The largest absolute Gasteiger partial charge is 0.494 e. The highest BCUT2D eigenvalue weighted by atomic mass is 16.5. The summed E-state index contributed by atoms with van der Waals surface area (Å²) in [6.07, 6.45) is 0. The minimum absolute atomic E-state index is 0.0672. The number of pyridine rings is 1. The Kier molecular flexibility index (Phi) is 4.05. The normalized spacial score (nSPS) is 10.1. The third kappa shape index (κ3) is 3.17. The van der Waals surface area contributed by atoms with E-state index in [1.807, 2.05) is 6.92 Å². The summed E-state index contributed by atoms with van der Waals surface area (Å²) in [6.45, 7) is 2.31. The number of H-pyrrole nitrogens is 1. The van der Waals surface area contributed by atoms with Gasteiger partial charge in [0, 0.05) is 12.1 Å². The zero-order chi connectivity index (χ0) is 14.5. The van der Waals surface area contributed by atoms with Crippen LogP contribution in [0.3, 0.4) is 0 Å². The molecule has 0 fully saturated rings. The van der Waals surface area contributed by atoms with E-state index >= 15 is 0 Å². The van der Waals surface area contributed by atoms with Gasteiger partial charge in [0.15, 0.2) is 5.88 Å². The van der Waals surface area contributed by atoms with Crippen molar-refractivity contribution >= 4 is 11.6 Å². The number of amides is 1. The van der Waals surface area contributed by atoms with E-state index in [0.29, 0.717) is 18.0 Å². The number of carbonyl (C=O) groups is 1. The molecule has 1 aromatic carbocycles. The molecule has 20 heavy (non-hydrogen) atoms. The van der Waals surface area contributed by atoms with E-state index in [0.717, 1.165) is 6.07 Å². The van der Waals surface area contributed by atoms with Crippen molar-refractivity contribution in [2.45, 2.75) is 6.92 Å². The average Bonchev–Trinajstić information content (AvgIpc) is 2.40. The van der Waals surface area contributed by atoms with Gasteiger partial charge < -0.3 is 15.2 Å². The summed E-state index contributed by atoms with van der Waals surface area (Å²) < 4.78 is 5.39. The number of aromatic hydroxyl groups is 1. The first kappa shape index (κ1) is 13.7. The van der Waals surface area contributed by atoms with Crippen LogP contribution < -0.4 is 15.6 Å². The van der Waals surface area contributed by atoms with Crippen molar-refractivity contribution in [2.75, 3.05) is 11.9 Å². The molecule has 2 rings (SSSR count). The number of carbonyl (C=O) groups excluding carboxylic acids is 1. The molecule has 1 aromatic heterocycles. The second kappa shape index (κ2) is 5.92. The van der Waals surface area contributed by atoms with E-state index in [-0.39, 0.29) is 11.4 Å². The van der Waals surface area contributed by atoms with Gasteiger partial charge >= 0.3 is 0 Å². The first-order chi connectivity index (χ1) is 9.60. The second-order valence-corrected chi connectivity index (χ2v) is 4.00. The molecular formula is C14H14N2O4.